The van der Waals surface area contributed by atoms with E-state index in [2.05, 4.69) is 21.0 Å². The topological polar surface area (TPSA) is 24.8 Å². The zero-order valence-corrected chi connectivity index (χ0v) is 9.12. The van der Waals surface area contributed by atoms with Gasteiger partial charge in [0.1, 0.15) is 0 Å². The van der Waals surface area contributed by atoms with Crippen LogP contribution in [0, 0.1) is 0 Å². The highest BCUT2D eigenvalue weighted by atomic mass is 79.9. The third-order valence-electron chi connectivity index (χ3n) is 1.85. The van der Waals surface area contributed by atoms with Gasteiger partial charge in [0.25, 0.3) is 5.90 Å². The minimum atomic E-state index is -2.66. The van der Waals surface area contributed by atoms with Gasteiger partial charge < -0.3 is 4.74 Å². The molecule has 0 spiro atoms. The van der Waals surface area contributed by atoms with Crippen LogP contribution in [0.3, 0.4) is 0 Å². The van der Waals surface area contributed by atoms with Crippen LogP contribution in [0.15, 0.2) is 33.8 Å². The molecule has 0 unspecified atom stereocenters. The summed E-state index contributed by atoms with van der Waals surface area (Å²) in [6, 6.07) is 7.20. The van der Waals surface area contributed by atoms with Crippen molar-refractivity contribution in [3.63, 3.8) is 0 Å². The number of hydrogen-bond acceptors (Lipinski definition) is 3. The van der Waals surface area contributed by atoms with Gasteiger partial charge in [0.15, 0.2) is 6.73 Å². The highest BCUT2D eigenvalue weighted by molar-refractivity contribution is 9.10. The standard InChI is InChI=1S/C9H7BrF2N2O/c10-6-2-1-3-7(4-6)14-5-15-9(13-14)8(11)12/h1-4,8H,5H2. The zero-order valence-electron chi connectivity index (χ0n) is 7.53. The van der Waals surface area contributed by atoms with E-state index in [0.29, 0.717) is 5.69 Å². The third-order valence-corrected chi connectivity index (χ3v) is 2.34. The summed E-state index contributed by atoms with van der Waals surface area (Å²) in [4.78, 5) is 0. The van der Waals surface area contributed by atoms with Crippen molar-refractivity contribution in [1.29, 1.82) is 0 Å². The molecule has 0 bridgehead atoms. The van der Waals surface area contributed by atoms with E-state index < -0.39 is 12.3 Å². The first-order valence-electron chi connectivity index (χ1n) is 4.19. The number of anilines is 1. The van der Waals surface area contributed by atoms with E-state index in [0.717, 1.165) is 4.47 Å². The molecule has 0 fully saturated rings. The highest BCUT2D eigenvalue weighted by Crippen LogP contribution is 2.23. The largest absolute Gasteiger partial charge is 0.452 e. The number of ether oxygens (including phenoxy) is 1. The van der Waals surface area contributed by atoms with Gasteiger partial charge in [0.2, 0.25) is 0 Å². The Balaban J connectivity index is 2.20. The second kappa shape index (κ2) is 4.14. The highest BCUT2D eigenvalue weighted by Gasteiger charge is 2.24. The van der Waals surface area contributed by atoms with Crippen LogP contribution in [0.4, 0.5) is 14.5 Å². The van der Waals surface area contributed by atoms with Crippen molar-refractivity contribution in [1.82, 2.24) is 0 Å². The Morgan fingerprint density at radius 1 is 1.47 bits per heavy atom. The van der Waals surface area contributed by atoms with Crippen LogP contribution in [0.2, 0.25) is 0 Å². The monoisotopic (exact) mass is 276 g/mol. The van der Waals surface area contributed by atoms with Crippen LogP contribution >= 0.6 is 15.9 Å². The Morgan fingerprint density at radius 2 is 2.27 bits per heavy atom. The molecule has 1 aliphatic heterocycles. The molecule has 0 saturated heterocycles. The van der Waals surface area contributed by atoms with Crippen molar-refractivity contribution in [2.24, 2.45) is 5.10 Å². The molecular weight excluding hydrogens is 270 g/mol. The maximum atomic E-state index is 12.2. The summed E-state index contributed by atoms with van der Waals surface area (Å²) in [5.41, 5.74) is 0.708. The maximum absolute atomic E-state index is 12.2. The molecule has 15 heavy (non-hydrogen) atoms. The second-order valence-corrected chi connectivity index (χ2v) is 3.81. The molecular formula is C9H7BrF2N2O. The van der Waals surface area contributed by atoms with Gasteiger partial charge in [0, 0.05) is 4.47 Å². The van der Waals surface area contributed by atoms with Crippen LogP contribution in [0.1, 0.15) is 0 Å². The first kappa shape index (κ1) is 10.4. The molecule has 1 aliphatic rings. The minimum absolute atomic E-state index is 0.0239. The number of hydrazone groups is 1. The lowest BCUT2D eigenvalue weighted by atomic mass is 10.3. The summed E-state index contributed by atoms with van der Waals surface area (Å²) in [6.45, 7) is 0.0239. The number of benzene rings is 1. The number of halogens is 3. The van der Waals surface area contributed by atoms with Gasteiger partial charge >= 0.3 is 6.43 Å². The molecule has 80 valence electrons. The maximum Gasteiger partial charge on any atom is 0.314 e. The number of rotatable bonds is 2. The minimum Gasteiger partial charge on any atom is -0.452 e. The smallest absolute Gasteiger partial charge is 0.314 e. The van der Waals surface area contributed by atoms with Gasteiger partial charge in [-0.1, -0.05) is 22.0 Å². The van der Waals surface area contributed by atoms with Crippen molar-refractivity contribution in [3.8, 4) is 0 Å². The Hall–Kier alpha value is -1.17. The average Bonchev–Trinajstić information content (AvgIpc) is 2.66. The van der Waals surface area contributed by atoms with E-state index in [1.54, 1.807) is 18.2 Å². The second-order valence-electron chi connectivity index (χ2n) is 2.89. The van der Waals surface area contributed by atoms with Crippen LogP contribution in [0.25, 0.3) is 0 Å². The van der Waals surface area contributed by atoms with Gasteiger partial charge in [-0.05, 0) is 18.2 Å². The van der Waals surface area contributed by atoms with Crippen molar-refractivity contribution in [2.75, 3.05) is 11.7 Å². The molecule has 1 heterocycles. The molecule has 0 atom stereocenters. The van der Waals surface area contributed by atoms with E-state index in [9.17, 15) is 8.78 Å². The normalized spacial score (nSPS) is 15.5. The molecule has 3 nitrogen and oxygen atoms in total. The van der Waals surface area contributed by atoms with Crippen LogP contribution < -0.4 is 5.01 Å². The quantitative estimate of drug-likeness (QED) is 0.830. The van der Waals surface area contributed by atoms with E-state index in [1.807, 2.05) is 6.07 Å². The summed E-state index contributed by atoms with van der Waals surface area (Å²) in [5.74, 6) is -0.532. The fraction of sp³-hybridized carbons (Fsp3) is 0.222. The summed E-state index contributed by atoms with van der Waals surface area (Å²) in [7, 11) is 0. The van der Waals surface area contributed by atoms with Gasteiger partial charge in [-0.3, -0.25) is 0 Å². The zero-order chi connectivity index (χ0) is 10.8. The van der Waals surface area contributed by atoms with E-state index in [4.69, 9.17) is 4.74 Å². The Morgan fingerprint density at radius 3 is 2.87 bits per heavy atom. The molecule has 1 aromatic carbocycles. The predicted octanol–water partition coefficient (Wildman–Crippen LogP) is 2.82. The lowest BCUT2D eigenvalue weighted by molar-refractivity contribution is 0.180. The molecule has 0 aromatic heterocycles. The van der Waals surface area contributed by atoms with Gasteiger partial charge in [-0.25, -0.2) is 5.01 Å². The fourth-order valence-electron chi connectivity index (χ4n) is 1.18. The van der Waals surface area contributed by atoms with Crippen molar-refractivity contribution in [2.45, 2.75) is 6.43 Å². The van der Waals surface area contributed by atoms with Crippen molar-refractivity contribution >= 4 is 27.5 Å². The molecule has 0 amide bonds. The first-order chi connectivity index (χ1) is 7.16. The molecule has 6 heteroatoms. The van der Waals surface area contributed by atoms with E-state index in [-0.39, 0.29) is 6.73 Å². The molecule has 0 saturated carbocycles. The molecule has 0 N–H and O–H groups in total. The molecule has 0 radical (unpaired) electrons. The summed E-state index contributed by atoms with van der Waals surface area (Å²) in [5, 5.41) is 5.04. The van der Waals surface area contributed by atoms with E-state index in [1.165, 1.54) is 5.01 Å². The SMILES string of the molecule is FC(F)C1=NN(c2cccc(Br)c2)CO1. The first-order valence-corrected chi connectivity index (χ1v) is 4.98. The Kier molecular flexibility index (Phi) is 2.86. The Labute approximate surface area is 93.5 Å². The lowest BCUT2D eigenvalue weighted by Gasteiger charge is -2.10. The summed E-state index contributed by atoms with van der Waals surface area (Å²) < 4.78 is 30.0. The fourth-order valence-corrected chi connectivity index (χ4v) is 1.57. The Bertz CT molecular complexity index is 397. The molecule has 1 aromatic rings. The lowest BCUT2D eigenvalue weighted by Crippen LogP contribution is -2.12. The number of nitrogens with zero attached hydrogens (tertiary/aromatic N) is 2. The number of alkyl halides is 2. The molecule has 0 aliphatic carbocycles. The van der Waals surface area contributed by atoms with Crippen molar-refractivity contribution in [3.05, 3.63) is 28.7 Å². The number of hydrogen-bond donors (Lipinski definition) is 0. The summed E-state index contributed by atoms with van der Waals surface area (Å²) >= 11 is 3.29. The van der Waals surface area contributed by atoms with Crippen LogP contribution in [0.5, 0.6) is 0 Å². The van der Waals surface area contributed by atoms with Crippen LogP contribution in [-0.2, 0) is 4.74 Å². The van der Waals surface area contributed by atoms with E-state index >= 15 is 0 Å². The predicted molar refractivity (Wildman–Crippen MR) is 56.0 cm³/mol. The van der Waals surface area contributed by atoms with Crippen LogP contribution in [-0.4, -0.2) is 19.1 Å². The van der Waals surface area contributed by atoms with Gasteiger partial charge in [-0.2, -0.15) is 8.78 Å². The van der Waals surface area contributed by atoms with Gasteiger partial charge in [-0.15, -0.1) is 5.10 Å². The average molecular weight is 277 g/mol. The van der Waals surface area contributed by atoms with Crippen molar-refractivity contribution < 1.29 is 13.5 Å². The van der Waals surface area contributed by atoms with Gasteiger partial charge in [0.05, 0.1) is 5.69 Å². The third kappa shape index (κ3) is 2.26. The summed E-state index contributed by atoms with van der Waals surface area (Å²) in [6.07, 6.45) is -2.66. The molecule has 2 rings (SSSR count).